The molecule has 78 valence electrons. The van der Waals surface area contributed by atoms with Crippen molar-refractivity contribution in [3.05, 3.63) is 28.8 Å². The number of hydrogen-bond acceptors (Lipinski definition) is 1. The molecule has 0 amide bonds. The first kappa shape index (κ1) is 11.9. The summed E-state index contributed by atoms with van der Waals surface area (Å²) in [7, 11) is 0. The molecule has 1 aromatic heterocycles. The fourth-order valence-electron chi connectivity index (χ4n) is 1.15. The highest BCUT2D eigenvalue weighted by Crippen LogP contribution is 2.26. The maximum absolute atomic E-state index is 13.3. The van der Waals surface area contributed by atoms with Gasteiger partial charge in [-0.1, -0.05) is 41.4 Å². The summed E-state index contributed by atoms with van der Waals surface area (Å²) in [4.78, 5) is 3.58. The molecule has 1 nitrogen and oxygen atoms in total. The Morgan fingerprint density at radius 3 is 2.79 bits per heavy atom. The maximum Gasteiger partial charge on any atom is 0.216 e. The van der Waals surface area contributed by atoms with Gasteiger partial charge in [-0.15, -0.1) is 0 Å². The van der Waals surface area contributed by atoms with Crippen molar-refractivity contribution >= 4 is 27.5 Å². The third-order valence-corrected chi connectivity index (χ3v) is 3.63. The maximum atomic E-state index is 13.3. The van der Waals surface area contributed by atoms with E-state index in [0.717, 1.165) is 5.33 Å². The molecule has 0 spiro atoms. The van der Waals surface area contributed by atoms with E-state index in [-0.39, 0.29) is 5.41 Å². The molecule has 0 N–H and O–H groups in total. The standard InChI is InChI=1S/C10H12BrClFN/c1-10(2,6-11)4-7-3-8(12)5-14-9(7)13/h3,5H,4,6H2,1-2H3. The van der Waals surface area contributed by atoms with E-state index in [4.69, 9.17) is 11.6 Å². The molecule has 0 aliphatic heterocycles. The minimum absolute atomic E-state index is 0.00715. The van der Waals surface area contributed by atoms with Crippen LogP contribution in [0.15, 0.2) is 12.3 Å². The highest BCUT2D eigenvalue weighted by molar-refractivity contribution is 9.09. The third kappa shape index (κ3) is 3.21. The molecule has 0 fully saturated rings. The fraction of sp³-hybridized carbons (Fsp3) is 0.500. The van der Waals surface area contributed by atoms with Crippen LogP contribution in [0, 0.1) is 11.4 Å². The molecule has 0 saturated heterocycles. The number of nitrogens with zero attached hydrogens (tertiary/aromatic N) is 1. The molecule has 0 aliphatic carbocycles. The highest BCUT2D eigenvalue weighted by atomic mass is 79.9. The average molecular weight is 281 g/mol. The summed E-state index contributed by atoms with van der Waals surface area (Å²) in [5.41, 5.74) is 0.578. The van der Waals surface area contributed by atoms with Crippen LogP contribution in [-0.2, 0) is 6.42 Å². The number of alkyl halides is 1. The Labute approximate surface area is 96.8 Å². The van der Waals surface area contributed by atoms with Crippen molar-refractivity contribution in [1.29, 1.82) is 0 Å². The predicted octanol–water partition coefficient (Wildman–Crippen LogP) is 3.84. The summed E-state index contributed by atoms with van der Waals surface area (Å²) >= 11 is 9.14. The SMILES string of the molecule is CC(C)(CBr)Cc1cc(Cl)cnc1F. The third-order valence-electron chi connectivity index (χ3n) is 1.91. The van der Waals surface area contributed by atoms with E-state index in [9.17, 15) is 4.39 Å². The van der Waals surface area contributed by atoms with E-state index >= 15 is 0 Å². The molecule has 0 radical (unpaired) electrons. The second-order valence-corrected chi connectivity index (χ2v) is 5.08. The Hall–Kier alpha value is -0.150. The monoisotopic (exact) mass is 279 g/mol. The lowest BCUT2D eigenvalue weighted by atomic mass is 9.88. The zero-order chi connectivity index (χ0) is 10.8. The summed E-state index contributed by atoms with van der Waals surface area (Å²) in [6.45, 7) is 4.12. The van der Waals surface area contributed by atoms with E-state index in [2.05, 4.69) is 34.8 Å². The second kappa shape index (κ2) is 4.58. The molecule has 1 rings (SSSR count). The van der Waals surface area contributed by atoms with Gasteiger partial charge in [0.1, 0.15) is 0 Å². The van der Waals surface area contributed by atoms with Crippen molar-refractivity contribution in [3.8, 4) is 0 Å². The summed E-state index contributed by atoms with van der Waals surface area (Å²) in [6, 6.07) is 1.63. The number of hydrogen-bond donors (Lipinski definition) is 0. The van der Waals surface area contributed by atoms with Gasteiger partial charge < -0.3 is 0 Å². The fourth-order valence-corrected chi connectivity index (χ4v) is 1.53. The van der Waals surface area contributed by atoms with E-state index in [0.29, 0.717) is 17.0 Å². The smallest absolute Gasteiger partial charge is 0.216 e. The predicted molar refractivity (Wildman–Crippen MR) is 60.5 cm³/mol. The van der Waals surface area contributed by atoms with Gasteiger partial charge in [0.15, 0.2) is 0 Å². The zero-order valence-corrected chi connectivity index (χ0v) is 10.5. The van der Waals surface area contributed by atoms with Crippen molar-refractivity contribution in [2.75, 3.05) is 5.33 Å². The van der Waals surface area contributed by atoms with Crippen LogP contribution in [0.2, 0.25) is 5.02 Å². The average Bonchev–Trinajstić information content (AvgIpc) is 2.11. The van der Waals surface area contributed by atoms with Crippen LogP contribution in [0.5, 0.6) is 0 Å². The Morgan fingerprint density at radius 2 is 2.21 bits per heavy atom. The van der Waals surface area contributed by atoms with Gasteiger partial charge in [-0.3, -0.25) is 0 Å². The lowest BCUT2D eigenvalue weighted by Crippen LogP contribution is -2.17. The molecular formula is C10H12BrClFN. The molecule has 0 bridgehead atoms. The largest absolute Gasteiger partial charge is 0.227 e. The van der Waals surface area contributed by atoms with E-state index in [1.165, 1.54) is 6.20 Å². The lowest BCUT2D eigenvalue weighted by Gasteiger charge is -2.21. The van der Waals surface area contributed by atoms with Crippen LogP contribution in [0.25, 0.3) is 0 Å². The number of aromatic nitrogens is 1. The van der Waals surface area contributed by atoms with E-state index < -0.39 is 5.95 Å². The first-order valence-corrected chi connectivity index (χ1v) is 5.80. The van der Waals surface area contributed by atoms with E-state index in [1.54, 1.807) is 6.07 Å². The van der Waals surface area contributed by atoms with Crippen LogP contribution in [-0.4, -0.2) is 10.3 Å². The van der Waals surface area contributed by atoms with Gasteiger partial charge in [0, 0.05) is 17.1 Å². The Bertz CT molecular complexity index is 328. The Kier molecular flexibility index (Phi) is 3.90. The van der Waals surface area contributed by atoms with Crippen LogP contribution in [0.1, 0.15) is 19.4 Å². The van der Waals surface area contributed by atoms with Crippen LogP contribution in [0.3, 0.4) is 0 Å². The number of rotatable bonds is 3. The van der Waals surface area contributed by atoms with Crippen molar-refractivity contribution in [2.24, 2.45) is 5.41 Å². The van der Waals surface area contributed by atoms with Gasteiger partial charge in [-0.2, -0.15) is 4.39 Å². The van der Waals surface area contributed by atoms with Gasteiger partial charge in [-0.05, 0) is 17.9 Å². The van der Waals surface area contributed by atoms with Gasteiger partial charge >= 0.3 is 0 Å². The summed E-state index contributed by atoms with van der Waals surface area (Å²) in [5, 5.41) is 1.29. The molecule has 0 saturated carbocycles. The quantitative estimate of drug-likeness (QED) is 0.605. The normalized spacial score (nSPS) is 11.8. The van der Waals surface area contributed by atoms with Gasteiger partial charge in [0.25, 0.3) is 0 Å². The van der Waals surface area contributed by atoms with Crippen LogP contribution in [0.4, 0.5) is 4.39 Å². The first-order chi connectivity index (χ1) is 6.44. The summed E-state index contributed by atoms with van der Waals surface area (Å²) < 4.78 is 13.3. The minimum Gasteiger partial charge on any atom is -0.227 e. The molecular weight excluding hydrogens is 268 g/mol. The summed E-state index contributed by atoms with van der Waals surface area (Å²) in [6.07, 6.45) is 1.94. The highest BCUT2D eigenvalue weighted by Gasteiger charge is 2.19. The molecule has 4 heteroatoms. The Morgan fingerprint density at radius 1 is 1.57 bits per heavy atom. The van der Waals surface area contributed by atoms with Gasteiger partial charge in [-0.25, -0.2) is 4.98 Å². The molecule has 0 aromatic carbocycles. The van der Waals surface area contributed by atoms with Crippen molar-refractivity contribution in [3.63, 3.8) is 0 Å². The van der Waals surface area contributed by atoms with Gasteiger partial charge in [0.05, 0.1) is 5.02 Å². The molecule has 1 aromatic rings. The van der Waals surface area contributed by atoms with Crippen LogP contribution >= 0.6 is 27.5 Å². The second-order valence-electron chi connectivity index (χ2n) is 4.08. The number of pyridine rings is 1. The van der Waals surface area contributed by atoms with Crippen molar-refractivity contribution < 1.29 is 4.39 Å². The van der Waals surface area contributed by atoms with Crippen molar-refractivity contribution in [2.45, 2.75) is 20.3 Å². The first-order valence-electron chi connectivity index (χ1n) is 4.30. The van der Waals surface area contributed by atoms with Gasteiger partial charge in [0.2, 0.25) is 5.95 Å². The van der Waals surface area contributed by atoms with Crippen molar-refractivity contribution in [1.82, 2.24) is 4.98 Å². The number of halogens is 3. The molecule has 0 atom stereocenters. The topological polar surface area (TPSA) is 12.9 Å². The summed E-state index contributed by atoms with van der Waals surface area (Å²) in [5.74, 6) is -0.427. The molecule has 14 heavy (non-hydrogen) atoms. The van der Waals surface area contributed by atoms with E-state index in [1.807, 2.05) is 0 Å². The van der Waals surface area contributed by atoms with Crippen LogP contribution < -0.4 is 0 Å². The zero-order valence-electron chi connectivity index (χ0n) is 8.15. The molecule has 1 heterocycles. The minimum atomic E-state index is -0.427. The Balaban J connectivity index is 2.91. The molecule has 0 unspecified atom stereocenters. The molecule has 0 aliphatic rings. The lowest BCUT2D eigenvalue weighted by molar-refractivity contribution is 0.411.